The van der Waals surface area contributed by atoms with Crippen LogP contribution in [-0.4, -0.2) is 14.1 Å². The molecule has 0 atom stereocenters. The van der Waals surface area contributed by atoms with Gasteiger partial charge in [0, 0.05) is 24.4 Å². The molecule has 0 saturated carbocycles. The highest BCUT2D eigenvalue weighted by Crippen LogP contribution is 2.34. The van der Waals surface area contributed by atoms with E-state index in [1.54, 1.807) is 6.07 Å². The van der Waals surface area contributed by atoms with E-state index in [9.17, 15) is 0 Å². The summed E-state index contributed by atoms with van der Waals surface area (Å²) in [6, 6.07) is 41.5. The summed E-state index contributed by atoms with van der Waals surface area (Å²) >= 11 is 0. The second-order valence-electron chi connectivity index (χ2n) is 14.0. The van der Waals surface area contributed by atoms with Gasteiger partial charge in [0.15, 0.2) is 5.58 Å². The second-order valence-corrected chi connectivity index (χ2v) is 14.0. The fourth-order valence-corrected chi connectivity index (χ4v) is 7.08. The van der Waals surface area contributed by atoms with E-state index in [0.29, 0.717) is 12.2 Å². The lowest BCUT2D eigenvalue weighted by Gasteiger charge is -2.19. The van der Waals surface area contributed by atoms with E-state index in [4.69, 9.17) is 12.6 Å². The molecule has 50 heavy (non-hydrogen) atoms. The van der Waals surface area contributed by atoms with Gasteiger partial charge in [-0.2, -0.15) is 0 Å². The number of rotatable bonds is 5. The lowest BCUT2D eigenvalue weighted by Crippen LogP contribution is -2.29. The summed E-state index contributed by atoms with van der Waals surface area (Å²) in [5.74, 6) is -0.0733. The zero-order chi connectivity index (χ0) is 39.1. The minimum atomic E-state index is -2.74. The van der Waals surface area contributed by atoms with Gasteiger partial charge < -0.3 is 4.42 Å². The number of benzene rings is 5. The Morgan fingerprint density at radius 1 is 0.740 bits per heavy atom. The van der Waals surface area contributed by atoms with Crippen molar-refractivity contribution in [2.24, 2.45) is 0 Å². The summed E-state index contributed by atoms with van der Waals surface area (Å²) in [5.41, 5.74) is 9.27. The summed E-state index contributed by atoms with van der Waals surface area (Å²) in [7, 11) is 0. The molecular weight excluding hydrogens is 613 g/mol. The number of hydrogen-bond acceptors (Lipinski definition) is 2. The molecule has 5 aromatic carbocycles. The van der Waals surface area contributed by atoms with Crippen LogP contribution >= 0.6 is 0 Å². The van der Waals surface area contributed by atoms with Crippen LogP contribution in [0.15, 0.2) is 132 Å². The minimum Gasteiger partial charge on any atom is -0.459 e. The second kappa shape index (κ2) is 11.3. The molecule has 0 saturated heterocycles. The smallest absolute Gasteiger partial charge is 0.269 e. The van der Waals surface area contributed by atoms with Crippen molar-refractivity contribution in [2.75, 3.05) is 0 Å². The monoisotopic (exact) mass is 656 g/mol. The first kappa shape index (κ1) is 24.2. The van der Waals surface area contributed by atoms with Crippen LogP contribution in [0.4, 0.5) is 0 Å². The van der Waals surface area contributed by atoms with Gasteiger partial charge in [-0.3, -0.25) is 13.7 Å². The number of aryl methyl sites for hydroxylation is 2. The molecule has 0 amide bonds. The highest BCUT2D eigenvalue weighted by molar-refractivity contribution is 6.09. The van der Waals surface area contributed by atoms with Crippen LogP contribution in [0.2, 0.25) is 0 Å². The van der Waals surface area contributed by atoms with Gasteiger partial charge in [-0.25, -0.2) is 4.98 Å². The number of furan rings is 1. The molecule has 0 fully saturated rings. The van der Waals surface area contributed by atoms with Crippen molar-refractivity contribution in [1.82, 2.24) is 14.1 Å². The van der Waals surface area contributed by atoms with Crippen LogP contribution in [-0.2, 0) is 11.8 Å². The fourth-order valence-electron chi connectivity index (χ4n) is 7.08. The topological polar surface area (TPSA) is 39.8 Å². The number of aromatic nitrogens is 4. The zero-order valence-electron chi connectivity index (χ0n) is 34.0. The Bertz CT molecular complexity index is 2960. The highest BCUT2D eigenvalue weighted by Gasteiger charge is 2.18. The molecule has 0 radical (unpaired) electrons. The van der Waals surface area contributed by atoms with Crippen molar-refractivity contribution >= 4 is 43.8 Å². The van der Waals surface area contributed by atoms with Gasteiger partial charge in [0.25, 0.3) is 6.33 Å². The highest BCUT2D eigenvalue weighted by atomic mass is 16.3. The van der Waals surface area contributed by atoms with E-state index in [-0.39, 0.29) is 21.9 Å². The maximum absolute atomic E-state index is 8.20. The summed E-state index contributed by atoms with van der Waals surface area (Å²) in [6.45, 7) is 1.20. The predicted octanol–water partition coefficient (Wildman–Crippen LogP) is 10.5. The van der Waals surface area contributed by atoms with Crippen LogP contribution in [0.3, 0.4) is 0 Å². The lowest BCUT2D eigenvalue weighted by atomic mass is 9.87. The summed E-state index contributed by atoms with van der Waals surface area (Å²) in [5, 5.41) is 2.23. The summed E-state index contributed by atoms with van der Waals surface area (Å²) in [6.07, 6.45) is 5.69. The van der Waals surface area contributed by atoms with Gasteiger partial charge in [0.1, 0.15) is 11.6 Å². The molecular formula is C45H38N4O. The van der Waals surface area contributed by atoms with Gasteiger partial charge in [0.2, 0.25) is 0 Å². The first-order valence-electron chi connectivity index (χ1n) is 19.8. The minimum absolute atomic E-state index is 0.0621. The van der Waals surface area contributed by atoms with Crippen LogP contribution in [0.25, 0.3) is 61.0 Å². The third-order valence-corrected chi connectivity index (χ3v) is 9.66. The maximum Gasteiger partial charge on any atom is 0.269 e. The van der Waals surface area contributed by atoms with Gasteiger partial charge >= 0.3 is 0 Å². The number of fused-ring (bicyclic) bond motifs is 5. The molecule has 0 N–H and O–H groups in total. The van der Waals surface area contributed by atoms with Gasteiger partial charge in [-0.1, -0.05) is 99.6 Å². The first-order valence-corrected chi connectivity index (χ1v) is 16.8. The van der Waals surface area contributed by atoms with Crippen molar-refractivity contribution in [1.29, 1.82) is 0 Å². The van der Waals surface area contributed by atoms with E-state index in [2.05, 4.69) is 132 Å². The Balaban J connectivity index is 1.12. The van der Waals surface area contributed by atoms with Crippen molar-refractivity contribution in [3.63, 3.8) is 0 Å². The zero-order valence-corrected chi connectivity index (χ0v) is 28.0. The van der Waals surface area contributed by atoms with Crippen molar-refractivity contribution < 1.29 is 17.2 Å². The molecule has 9 aromatic rings. The van der Waals surface area contributed by atoms with Crippen molar-refractivity contribution in [3.8, 4) is 17.2 Å². The van der Waals surface area contributed by atoms with E-state index in [1.165, 1.54) is 11.8 Å². The molecule has 9 rings (SSSR count). The number of para-hydroxylation sites is 3. The molecule has 5 heteroatoms. The third-order valence-electron chi connectivity index (χ3n) is 9.66. The molecule has 0 aliphatic carbocycles. The SMILES string of the molecule is [2H]C([2H])([2H])c1oc2cnc(-n3c4ccccc4c4ccc(Cc5cccc(-n6[c-][n+](-c7ccc(C(C)(C)C)cc7)c7ccccc76)c5)cc43)cc2c1C([2H])([2H])[2H]. The molecule has 0 aliphatic rings. The van der Waals surface area contributed by atoms with Crippen LogP contribution in [0.1, 0.15) is 57.0 Å². The Morgan fingerprint density at radius 2 is 1.52 bits per heavy atom. The molecule has 0 unspecified atom stereocenters. The lowest BCUT2D eigenvalue weighted by molar-refractivity contribution is -0.572. The normalized spacial score (nSPS) is 14.5. The van der Waals surface area contributed by atoms with Crippen LogP contribution < -0.4 is 4.57 Å². The van der Waals surface area contributed by atoms with Crippen molar-refractivity contribution in [2.45, 2.75) is 46.3 Å². The van der Waals surface area contributed by atoms with E-state index in [0.717, 1.165) is 55.3 Å². The van der Waals surface area contributed by atoms with Gasteiger partial charge in [0.05, 0.1) is 39.6 Å². The largest absolute Gasteiger partial charge is 0.459 e. The summed E-state index contributed by atoms with van der Waals surface area (Å²) in [4.78, 5) is 4.68. The van der Waals surface area contributed by atoms with Crippen LogP contribution in [0, 0.1) is 20.0 Å². The number of hydrogen-bond donors (Lipinski definition) is 0. The standard InChI is InChI=1S/C45H38N4O/c1-29-30(2)50-43-27-46-44(26-38(29)43)49-39-14-7-6-13-36(39)37-22-17-32(25-42(37)49)23-31-11-10-12-35(24-31)48-28-47(40-15-8-9-16-41(40)48)34-20-18-33(19-21-34)45(3,4)5/h6-22,24-27H,23H2,1-5H3/i1D3,2D3. The van der Waals surface area contributed by atoms with E-state index in [1.807, 2.05) is 28.8 Å². The number of pyridine rings is 1. The average Bonchev–Trinajstić information content (AvgIpc) is 3.85. The first-order chi connectivity index (χ1) is 26.6. The van der Waals surface area contributed by atoms with Crippen molar-refractivity contribution in [3.05, 3.63) is 162 Å². The molecule has 4 aromatic heterocycles. The quantitative estimate of drug-likeness (QED) is 0.137. The molecule has 0 spiro atoms. The van der Waals surface area contributed by atoms with Gasteiger partial charge in [-0.05, 0) is 90.3 Å². The average molecular weight is 657 g/mol. The van der Waals surface area contributed by atoms with Crippen LogP contribution in [0.5, 0.6) is 0 Å². The molecule has 244 valence electrons. The maximum atomic E-state index is 8.20. The third kappa shape index (κ3) is 4.92. The summed E-state index contributed by atoms with van der Waals surface area (Å²) < 4.78 is 60.4. The Labute approximate surface area is 300 Å². The molecule has 5 nitrogen and oxygen atoms in total. The Morgan fingerprint density at radius 3 is 2.34 bits per heavy atom. The van der Waals surface area contributed by atoms with E-state index >= 15 is 0 Å². The van der Waals surface area contributed by atoms with Gasteiger partial charge in [-0.15, -0.1) is 0 Å². The Hall–Kier alpha value is -5.94. The number of imidazole rings is 1. The predicted molar refractivity (Wildman–Crippen MR) is 203 cm³/mol. The van der Waals surface area contributed by atoms with E-state index < -0.39 is 19.5 Å². The molecule has 4 heterocycles. The fraction of sp³-hybridized carbons (Fsp3) is 0.156. The molecule has 0 bridgehead atoms. The Kier molecular flexibility index (Phi) is 5.48. The number of nitrogens with zero attached hydrogens (tertiary/aromatic N) is 4. The molecule has 0 aliphatic heterocycles.